The van der Waals surface area contributed by atoms with E-state index >= 15 is 0 Å². The summed E-state index contributed by atoms with van der Waals surface area (Å²) in [5.41, 5.74) is 4.09. The molecule has 2 N–H and O–H groups in total. The highest BCUT2D eigenvalue weighted by molar-refractivity contribution is 6.43. The highest BCUT2D eigenvalue weighted by atomic mass is 16.5. The first-order valence-electron chi connectivity index (χ1n) is 9.87. The van der Waals surface area contributed by atoms with E-state index in [0.717, 1.165) is 36.2 Å². The molecule has 0 saturated carbocycles. The fourth-order valence-electron chi connectivity index (χ4n) is 3.94. The zero-order chi connectivity index (χ0) is 20.4. The maximum absolute atomic E-state index is 12.5. The number of benzene rings is 2. The van der Waals surface area contributed by atoms with Crippen molar-refractivity contribution in [3.8, 4) is 5.75 Å². The third-order valence-electron chi connectivity index (χ3n) is 5.17. The molecule has 7 nitrogen and oxygen atoms in total. The van der Waals surface area contributed by atoms with Crippen LogP contribution < -0.4 is 20.3 Å². The van der Waals surface area contributed by atoms with Crippen molar-refractivity contribution < 1.29 is 19.1 Å². The van der Waals surface area contributed by atoms with Crippen LogP contribution in [-0.2, 0) is 27.2 Å². The number of carbonyl (C=O) groups is 3. The van der Waals surface area contributed by atoms with Gasteiger partial charge in [0.15, 0.2) is 0 Å². The smallest absolute Gasteiger partial charge is 0.314 e. The molecule has 2 aliphatic heterocycles. The molecular formula is C22H23N3O4. The van der Waals surface area contributed by atoms with E-state index in [0.29, 0.717) is 36.6 Å². The van der Waals surface area contributed by atoms with Crippen LogP contribution >= 0.6 is 0 Å². The van der Waals surface area contributed by atoms with Gasteiger partial charge in [0.1, 0.15) is 5.75 Å². The number of hydrogen-bond acceptors (Lipinski definition) is 4. The van der Waals surface area contributed by atoms with Crippen LogP contribution in [-0.4, -0.2) is 30.9 Å². The Hall–Kier alpha value is -3.35. The number of hydrogen-bond donors (Lipinski definition) is 2. The van der Waals surface area contributed by atoms with Crippen molar-refractivity contribution in [2.45, 2.75) is 32.6 Å². The van der Waals surface area contributed by atoms with Crippen LogP contribution in [0.1, 0.15) is 30.9 Å². The molecule has 0 atom stereocenters. The Balaban J connectivity index is 1.51. The molecule has 3 amide bonds. The summed E-state index contributed by atoms with van der Waals surface area (Å²) >= 11 is 0. The molecule has 0 spiro atoms. The molecule has 2 aromatic rings. The molecule has 0 saturated heterocycles. The summed E-state index contributed by atoms with van der Waals surface area (Å²) in [6.07, 6.45) is 2.86. The Labute approximate surface area is 169 Å². The van der Waals surface area contributed by atoms with Crippen molar-refractivity contribution in [1.82, 2.24) is 0 Å². The summed E-state index contributed by atoms with van der Waals surface area (Å²) in [5, 5.41) is 5.29. The first-order valence-corrected chi connectivity index (χ1v) is 9.87. The summed E-state index contributed by atoms with van der Waals surface area (Å²) in [5.74, 6) is -0.843. The molecule has 150 valence electrons. The number of para-hydroxylation sites is 2. The normalized spacial score (nSPS) is 14.8. The number of rotatable bonds is 4. The Kier molecular flexibility index (Phi) is 5.20. The molecule has 0 unspecified atom stereocenters. The Morgan fingerprint density at radius 3 is 2.55 bits per heavy atom. The fraction of sp³-hybridized carbons (Fsp3) is 0.318. The number of aryl methyl sites for hydroxylation is 2. The lowest BCUT2D eigenvalue weighted by atomic mass is 9.91. The summed E-state index contributed by atoms with van der Waals surface area (Å²) in [4.78, 5) is 38.9. The van der Waals surface area contributed by atoms with Crippen LogP contribution in [0.3, 0.4) is 0 Å². The molecule has 29 heavy (non-hydrogen) atoms. The summed E-state index contributed by atoms with van der Waals surface area (Å²) in [7, 11) is 0. The van der Waals surface area contributed by atoms with Gasteiger partial charge in [0.25, 0.3) is 0 Å². The van der Waals surface area contributed by atoms with Gasteiger partial charge >= 0.3 is 11.8 Å². The zero-order valence-electron chi connectivity index (χ0n) is 16.3. The quantitative estimate of drug-likeness (QED) is 0.782. The van der Waals surface area contributed by atoms with E-state index in [1.807, 2.05) is 24.0 Å². The molecule has 0 bridgehead atoms. The number of amides is 3. The number of nitrogens with zero attached hydrogens (tertiary/aromatic N) is 1. The number of ether oxygens (including phenoxy) is 1. The molecule has 7 heteroatoms. The van der Waals surface area contributed by atoms with Crippen LogP contribution in [0.15, 0.2) is 36.4 Å². The van der Waals surface area contributed by atoms with Gasteiger partial charge in [-0.2, -0.15) is 0 Å². The van der Waals surface area contributed by atoms with Gasteiger partial charge in [-0.25, -0.2) is 0 Å². The van der Waals surface area contributed by atoms with Gasteiger partial charge in [-0.1, -0.05) is 12.1 Å². The largest absolute Gasteiger partial charge is 0.492 e. The number of carbonyl (C=O) groups excluding carboxylic acids is 3. The van der Waals surface area contributed by atoms with Crippen LogP contribution in [0, 0.1) is 0 Å². The highest BCUT2D eigenvalue weighted by Crippen LogP contribution is 2.37. The average Bonchev–Trinajstić information content (AvgIpc) is 2.72. The molecular weight excluding hydrogens is 370 g/mol. The van der Waals surface area contributed by atoms with Crippen molar-refractivity contribution in [2.24, 2.45) is 0 Å². The monoisotopic (exact) mass is 393 g/mol. The molecule has 0 radical (unpaired) electrons. The lowest BCUT2D eigenvalue weighted by Crippen LogP contribution is -2.39. The van der Waals surface area contributed by atoms with Gasteiger partial charge in [-0.15, -0.1) is 0 Å². The first-order chi connectivity index (χ1) is 14.1. The molecule has 2 heterocycles. The second-order valence-electron chi connectivity index (χ2n) is 7.13. The second-order valence-corrected chi connectivity index (χ2v) is 7.13. The molecule has 0 aliphatic carbocycles. The van der Waals surface area contributed by atoms with E-state index in [1.165, 1.54) is 0 Å². The Morgan fingerprint density at radius 2 is 1.76 bits per heavy atom. The van der Waals surface area contributed by atoms with Crippen LogP contribution in [0.5, 0.6) is 5.75 Å². The fourth-order valence-corrected chi connectivity index (χ4v) is 3.94. The average molecular weight is 393 g/mol. The van der Waals surface area contributed by atoms with E-state index in [9.17, 15) is 14.4 Å². The molecule has 0 fully saturated rings. The van der Waals surface area contributed by atoms with Crippen molar-refractivity contribution in [2.75, 3.05) is 28.7 Å². The van der Waals surface area contributed by atoms with Gasteiger partial charge in [0, 0.05) is 18.7 Å². The molecule has 2 aromatic carbocycles. The predicted molar refractivity (Wildman–Crippen MR) is 110 cm³/mol. The first kappa shape index (κ1) is 19.0. The predicted octanol–water partition coefficient (Wildman–Crippen LogP) is 2.89. The topological polar surface area (TPSA) is 87.7 Å². The Morgan fingerprint density at radius 1 is 1.03 bits per heavy atom. The van der Waals surface area contributed by atoms with Gasteiger partial charge in [-0.3, -0.25) is 14.4 Å². The van der Waals surface area contributed by atoms with E-state index in [2.05, 4.69) is 10.6 Å². The minimum atomic E-state index is -0.764. The van der Waals surface area contributed by atoms with Crippen LogP contribution in [0.4, 0.5) is 17.1 Å². The van der Waals surface area contributed by atoms with Crippen molar-refractivity contribution >= 4 is 34.8 Å². The third kappa shape index (κ3) is 3.81. The van der Waals surface area contributed by atoms with Crippen molar-refractivity contribution in [3.05, 3.63) is 47.5 Å². The lowest BCUT2D eigenvalue weighted by Gasteiger charge is -2.35. The van der Waals surface area contributed by atoms with Gasteiger partial charge < -0.3 is 20.3 Å². The highest BCUT2D eigenvalue weighted by Gasteiger charge is 2.30. The minimum Gasteiger partial charge on any atom is -0.492 e. The standard InChI is InChI=1S/C22H23N3O4/c1-2-29-18-8-4-3-7-17(18)24-22(28)21(27)23-16-12-14-6-5-11-25-19(26)10-9-15(13-16)20(14)25/h3-4,7-8,12-13H,2,5-6,9-11H2,1H3,(H,23,27)(H,24,28). The Bertz CT molecular complexity index is 969. The van der Waals surface area contributed by atoms with Crippen LogP contribution in [0.2, 0.25) is 0 Å². The molecule has 2 aliphatic rings. The van der Waals surface area contributed by atoms with Gasteiger partial charge in [0.2, 0.25) is 5.91 Å². The summed E-state index contributed by atoms with van der Waals surface area (Å²) in [6.45, 7) is 3.05. The molecule has 4 rings (SSSR count). The SMILES string of the molecule is CCOc1ccccc1NC(=O)C(=O)Nc1cc2c3c(c1)CCC(=O)N3CCC2. The second kappa shape index (κ2) is 7.95. The van der Waals surface area contributed by atoms with Crippen molar-refractivity contribution in [1.29, 1.82) is 0 Å². The zero-order valence-corrected chi connectivity index (χ0v) is 16.3. The minimum absolute atomic E-state index is 0.155. The van der Waals surface area contributed by atoms with E-state index < -0.39 is 11.8 Å². The van der Waals surface area contributed by atoms with E-state index in [-0.39, 0.29) is 5.91 Å². The van der Waals surface area contributed by atoms with Gasteiger partial charge in [-0.05, 0) is 61.6 Å². The van der Waals surface area contributed by atoms with Crippen LogP contribution in [0.25, 0.3) is 0 Å². The van der Waals surface area contributed by atoms with Crippen molar-refractivity contribution in [3.63, 3.8) is 0 Å². The van der Waals surface area contributed by atoms with Gasteiger partial charge in [0.05, 0.1) is 18.0 Å². The van der Waals surface area contributed by atoms with E-state index in [4.69, 9.17) is 4.74 Å². The number of anilines is 3. The maximum atomic E-state index is 12.5. The maximum Gasteiger partial charge on any atom is 0.314 e. The summed E-state index contributed by atoms with van der Waals surface area (Å²) in [6, 6.07) is 10.7. The molecule has 0 aromatic heterocycles. The summed E-state index contributed by atoms with van der Waals surface area (Å²) < 4.78 is 5.47. The third-order valence-corrected chi connectivity index (χ3v) is 5.17. The van der Waals surface area contributed by atoms with E-state index in [1.54, 1.807) is 24.3 Å². The number of nitrogens with one attached hydrogen (secondary N) is 2. The lowest BCUT2D eigenvalue weighted by molar-refractivity contribution is -0.133.